The van der Waals surface area contributed by atoms with E-state index in [0.717, 1.165) is 11.8 Å². The third kappa shape index (κ3) is 5.93. The van der Waals surface area contributed by atoms with Gasteiger partial charge in [0.25, 0.3) is 11.1 Å². The lowest BCUT2D eigenvalue weighted by atomic mass is 9.80. The summed E-state index contributed by atoms with van der Waals surface area (Å²) in [6, 6.07) is 6.97. The molecule has 11 heteroatoms. The summed E-state index contributed by atoms with van der Waals surface area (Å²) in [5, 5.41) is 9.35. The molecule has 0 bridgehead atoms. The van der Waals surface area contributed by atoms with Gasteiger partial charge in [0, 0.05) is 32.0 Å². The average Bonchev–Trinajstić information content (AvgIpc) is 3.12. The van der Waals surface area contributed by atoms with Crippen molar-refractivity contribution in [2.24, 2.45) is 5.41 Å². The van der Waals surface area contributed by atoms with Crippen LogP contribution >= 0.6 is 11.8 Å². The molecule has 1 N–H and O–H groups in total. The third-order valence-electron chi connectivity index (χ3n) is 6.63. The second-order valence-corrected chi connectivity index (χ2v) is 11.3. The first-order valence-electron chi connectivity index (χ1n) is 12.5. The van der Waals surface area contributed by atoms with Gasteiger partial charge in [-0.1, -0.05) is 32.9 Å². The Morgan fingerprint density at radius 2 is 1.97 bits per heavy atom. The molecule has 2 fully saturated rings. The number of imide groups is 1. The number of hydrogen-bond donors (Lipinski definition) is 1. The number of carboxylic acid groups (broad SMARTS) is 1. The molecule has 2 unspecified atom stereocenters. The number of likely N-dealkylation sites (tertiary alicyclic amines) is 1. The predicted molar refractivity (Wildman–Crippen MR) is 143 cm³/mol. The molecule has 2 aliphatic heterocycles. The molecule has 0 radical (unpaired) electrons. The minimum absolute atomic E-state index is 0.182. The summed E-state index contributed by atoms with van der Waals surface area (Å²) >= 11 is 0.920. The number of piperidine rings is 1. The van der Waals surface area contributed by atoms with E-state index in [1.807, 2.05) is 33.8 Å². The van der Waals surface area contributed by atoms with Gasteiger partial charge in [0.1, 0.15) is 18.2 Å². The maximum atomic E-state index is 12.4. The van der Waals surface area contributed by atoms with E-state index in [1.165, 1.54) is 16.1 Å². The minimum Gasteiger partial charge on any atom is -0.474 e. The number of amides is 3. The van der Waals surface area contributed by atoms with Crippen molar-refractivity contribution in [3.8, 4) is 17.5 Å². The summed E-state index contributed by atoms with van der Waals surface area (Å²) in [4.78, 5) is 47.8. The zero-order valence-electron chi connectivity index (χ0n) is 22.1. The molecule has 3 amide bonds. The number of benzene rings is 1. The lowest BCUT2D eigenvalue weighted by Gasteiger charge is -2.44. The number of rotatable bonds is 6. The van der Waals surface area contributed by atoms with Crippen LogP contribution in [-0.4, -0.2) is 67.3 Å². The Labute approximate surface area is 226 Å². The Kier molecular flexibility index (Phi) is 7.96. The van der Waals surface area contributed by atoms with Gasteiger partial charge in [-0.3, -0.25) is 14.5 Å². The summed E-state index contributed by atoms with van der Waals surface area (Å²) in [5.74, 6) is 0.920. The van der Waals surface area contributed by atoms with Gasteiger partial charge in [-0.05, 0) is 54.8 Å². The zero-order valence-corrected chi connectivity index (χ0v) is 22.9. The quantitative estimate of drug-likeness (QED) is 0.469. The number of aromatic nitrogens is 2. The van der Waals surface area contributed by atoms with E-state index in [9.17, 15) is 19.5 Å². The predicted octanol–water partition coefficient (Wildman–Crippen LogP) is 5.57. The molecule has 1 aromatic carbocycles. The highest BCUT2D eigenvalue weighted by Crippen LogP contribution is 2.36. The normalized spacial score (nSPS) is 21.2. The van der Waals surface area contributed by atoms with Crippen molar-refractivity contribution in [3.63, 3.8) is 0 Å². The summed E-state index contributed by atoms with van der Waals surface area (Å²) in [5.41, 5.74) is 1.10. The third-order valence-corrected chi connectivity index (χ3v) is 7.54. The summed E-state index contributed by atoms with van der Waals surface area (Å²) in [7, 11) is 0. The fourth-order valence-corrected chi connectivity index (χ4v) is 5.49. The van der Waals surface area contributed by atoms with Gasteiger partial charge >= 0.3 is 6.09 Å². The number of ether oxygens (including phenoxy) is 2. The van der Waals surface area contributed by atoms with Crippen LogP contribution < -0.4 is 9.47 Å². The van der Waals surface area contributed by atoms with E-state index in [-0.39, 0.29) is 28.7 Å². The van der Waals surface area contributed by atoms with Gasteiger partial charge in [-0.2, -0.15) is 0 Å². The fourth-order valence-electron chi connectivity index (χ4n) is 4.59. The topological polar surface area (TPSA) is 122 Å². The molecule has 2 saturated heterocycles. The summed E-state index contributed by atoms with van der Waals surface area (Å²) < 4.78 is 12.3. The Hall–Kier alpha value is -3.60. The first kappa shape index (κ1) is 27.4. The average molecular weight is 541 g/mol. The smallest absolute Gasteiger partial charge is 0.407 e. The van der Waals surface area contributed by atoms with Crippen LogP contribution in [0.4, 0.5) is 9.59 Å². The molecule has 0 saturated carbocycles. The van der Waals surface area contributed by atoms with Crippen LogP contribution in [0.1, 0.15) is 51.7 Å². The van der Waals surface area contributed by atoms with E-state index < -0.39 is 6.09 Å². The summed E-state index contributed by atoms with van der Waals surface area (Å²) in [6.07, 6.45) is 3.04. The molecule has 2 atom stereocenters. The van der Waals surface area contributed by atoms with Crippen LogP contribution in [0.5, 0.6) is 17.5 Å². The highest BCUT2D eigenvalue weighted by molar-refractivity contribution is 8.18. The molecule has 1 aromatic heterocycles. The lowest BCUT2D eigenvalue weighted by Crippen LogP contribution is -2.53. The highest BCUT2D eigenvalue weighted by atomic mass is 32.2. The second kappa shape index (κ2) is 11.0. The van der Waals surface area contributed by atoms with Crippen LogP contribution in [-0.2, 0) is 4.79 Å². The molecule has 4 rings (SSSR count). The van der Waals surface area contributed by atoms with Crippen molar-refractivity contribution in [3.05, 3.63) is 46.6 Å². The number of likely N-dealkylation sites (N-methyl/N-ethyl adjacent to an activating group) is 1. The van der Waals surface area contributed by atoms with Gasteiger partial charge in [-0.25, -0.2) is 14.8 Å². The van der Waals surface area contributed by atoms with E-state index in [0.29, 0.717) is 59.5 Å². The largest absolute Gasteiger partial charge is 0.474 e. The van der Waals surface area contributed by atoms with E-state index in [2.05, 4.69) is 9.97 Å². The van der Waals surface area contributed by atoms with Crippen LogP contribution in [0, 0.1) is 12.3 Å². The molecular formula is C27H32N4O6S. The first-order chi connectivity index (χ1) is 18.0. The zero-order chi connectivity index (χ0) is 27.6. The Bertz CT molecular complexity index is 1270. The molecule has 0 aliphatic carbocycles. The molecule has 38 heavy (non-hydrogen) atoms. The van der Waals surface area contributed by atoms with Crippen LogP contribution in [0.15, 0.2) is 35.5 Å². The molecule has 202 valence electrons. The van der Waals surface area contributed by atoms with Crippen molar-refractivity contribution in [1.29, 1.82) is 0 Å². The summed E-state index contributed by atoms with van der Waals surface area (Å²) in [6.45, 7) is 10.4. The lowest BCUT2D eigenvalue weighted by molar-refractivity contribution is -0.122. The molecule has 3 heterocycles. The molecule has 0 spiro atoms. The molecule has 2 aromatic rings. The van der Waals surface area contributed by atoms with Crippen LogP contribution in [0.3, 0.4) is 0 Å². The highest BCUT2D eigenvalue weighted by Gasteiger charge is 2.40. The van der Waals surface area contributed by atoms with Crippen LogP contribution in [0.2, 0.25) is 0 Å². The maximum Gasteiger partial charge on any atom is 0.407 e. The number of carbonyl (C=O) groups excluding carboxylic acids is 2. The van der Waals surface area contributed by atoms with Gasteiger partial charge in [-0.15, -0.1) is 0 Å². The Morgan fingerprint density at radius 3 is 2.63 bits per heavy atom. The first-order valence-corrected chi connectivity index (χ1v) is 13.3. The number of nitrogens with zero attached hydrogens (tertiary/aromatic N) is 4. The van der Waals surface area contributed by atoms with Crippen molar-refractivity contribution in [2.45, 2.75) is 59.6 Å². The van der Waals surface area contributed by atoms with Gasteiger partial charge < -0.3 is 19.5 Å². The number of thioether (sulfide) groups is 1. The molecule has 2 aliphatic rings. The fraction of sp³-hybridized carbons (Fsp3) is 0.444. The van der Waals surface area contributed by atoms with Crippen molar-refractivity contribution in [1.82, 2.24) is 19.8 Å². The van der Waals surface area contributed by atoms with Crippen molar-refractivity contribution in [2.75, 3.05) is 13.1 Å². The maximum absolute atomic E-state index is 12.4. The van der Waals surface area contributed by atoms with Gasteiger partial charge in [0.15, 0.2) is 0 Å². The standard InChI is InChI=1S/C27H32N4O6S/c1-6-30-24(32)20(38-26(30)35)13-17-8-7-9-18(12-17)36-22-16(2)23(29-15-28-22)37-19-10-11-31(25(33)34)21(14-19)27(3,4)5/h7-9,12-13,15,19,21H,6,10-11,14H2,1-5H3,(H,33,34)/b20-13-. The number of carbonyl (C=O) groups is 3. The Balaban J connectivity index is 1.49. The van der Waals surface area contributed by atoms with Crippen LogP contribution in [0.25, 0.3) is 6.08 Å². The van der Waals surface area contributed by atoms with E-state index >= 15 is 0 Å². The monoisotopic (exact) mass is 540 g/mol. The van der Waals surface area contributed by atoms with Crippen molar-refractivity contribution < 1.29 is 29.0 Å². The minimum atomic E-state index is -0.916. The van der Waals surface area contributed by atoms with Crippen molar-refractivity contribution >= 4 is 35.1 Å². The second-order valence-electron chi connectivity index (χ2n) is 10.3. The van der Waals surface area contributed by atoms with Gasteiger partial charge in [0.2, 0.25) is 11.8 Å². The Morgan fingerprint density at radius 1 is 1.24 bits per heavy atom. The van der Waals surface area contributed by atoms with E-state index in [4.69, 9.17) is 9.47 Å². The molecule has 10 nitrogen and oxygen atoms in total. The van der Waals surface area contributed by atoms with E-state index in [1.54, 1.807) is 31.2 Å². The molecular weight excluding hydrogens is 508 g/mol. The van der Waals surface area contributed by atoms with Gasteiger partial charge in [0.05, 0.1) is 10.5 Å². The number of hydrogen-bond acceptors (Lipinski definition) is 8. The SMILES string of the molecule is CCN1C(=O)S/C(=C\c2cccc(Oc3ncnc(OC4CCN(C(=O)O)C(C(C)(C)C)C4)c3C)c2)C1=O.